The Morgan fingerprint density at radius 1 is 0.227 bits per heavy atom. The van der Waals surface area contributed by atoms with Crippen molar-refractivity contribution in [2.24, 2.45) is 0 Å². The van der Waals surface area contributed by atoms with E-state index in [0.29, 0.717) is 52.2 Å². The van der Waals surface area contributed by atoms with Gasteiger partial charge in [-0.25, -0.2) is 0 Å². The normalized spacial score (nSPS) is 13.5. The summed E-state index contributed by atoms with van der Waals surface area (Å²) >= 11 is 0. The number of aromatic nitrogens is 3. The van der Waals surface area contributed by atoms with Gasteiger partial charge in [0.15, 0.2) is 0 Å². The molecule has 0 aliphatic heterocycles. The van der Waals surface area contributed by atoms with Crippen molar-refractivity contribution in [2.45, 2.75) is 150 Å². The third-order valence-corrected chi connectivity index (χ3v) is 30.1. The van der Waals surface area contributed by atoms with E-state index in [0.717, 1.165) is 59.1 Å². The summed E-state index contributed by atoms with van der Waals surface area (Å²) in [6.45, 7) is 27.6. The molecule has 4 atom stereocenters. The van der Waals surface area contributed by atoms with Crippen molar-refractivity contribution < 1.29 is 0 Å². The van der Waals surface area contributed by atoms with Crippen LogP contribution in [0, 0.1) is 47.8 Å². The van der Waals surface area contributed by atoms with Gasteiger partial charge < -0.3 is 13.2 Å². The lowest BCUT2D eigenvalue weighted by molar-refractivity contribution is 0.574. The van der Waals surface area contributed by atoms with Crippen molar-refractivity contribution in [2.75, 3.05) is 0 Å². The standard InChI is InChI=1S/C122H96N6/c1-65(2)78-22-28-84-56-113-101(44-90(84)38-78)107-50-96(77-20-17-74(62-123)18-21-77)51-108-102-46-92-40-80(24-30-86(92)58-114(102)126(113)120(107)108)68(7)13-15-70(9)82-26-32-88-60-117-105(48-94(88)42-82)111-54-98(119-72(11)35-76(64-125)36-73(119)12)55-112-106-49-95-43-83(27-33-89(95)61-118(106)128(117)122(111)112)71(10)16-14-69(8)81-25-31-87-59-116-104(47-93(87)41-81)110-53-97(100-37-75(63-124)19-34-99(100)67(5)6)52-109-103-45-91-39-79(66(3)4)23-29-85(91)57-115(103)127(116)121(109)110/h17-61,65-71H,13-16H2,1-12H3. The van der Waals surface area contributed by atoms with Gasteiger partial charge in [-0.15, -0.1) is 0 Å². The third-order valence-electron chi connectivity index (χ3n) is 30.1. The van der Waals surface area contributed by atoms with E-state index in [-0.39, 0.29) is 5.92 Å². The summed E-state index contributed by atoms with van der Waals surface area (Å²) in [7, 11) is 0. The second-order valence-corrected chi connectivity index (χ2v) is 39.0. The van der Waals surface area contributed by atoms with Crippen molar-refractivity contribution in [3.8, 4) is 51.6 Å². The Morgan fingerprint density at radius 3 is 0.805 bits per heavy atom. The van der Waals surface area contributed by atoms with Crippen LogP contribution >= 0.6 is 0 Å². The molecular weight excluding hydrogens is 1550 g/mol. The zero-order chi connectivity index (χ0) is 87.0. The highest BCUT2D eigenvalue weighted by Gasteiger charge is 2.28. The molecule has 0 bridgehead atoms. The SMILES string of the molecule is Cc1cc(C#N)cc(C)c1-c1cc2c3cc4cc(C(C)CCC(C)c5ccc6cc7c(cc6c5)c5cc(-c6ccc(C#N)cc6)cc6c8cc9cc(C(C)C)ccc9cc8n7c65)ccc4cc3n3c4cc5ccc(C(C)CCC(C)c6ccc7cc8c(cc7c6)c6cc(-c7cc(C#N)ccc7C(C)C)cc7c9cc%10cc(C(C)C)ccc%10cc9n8c76)cc5cc4c(c1)c23. The first kappa shape index (κ1) is 77.0. The van der Waals surface area contributed by atoms with Gasteiger partial charge in [0.1, 0.15) is 0 Å². The fourth-order valence-corrected chi connectivity index (χ4v) is 22.9. The highest BCUT2D eigenvalue weighted by molar-refractivity contribution is 6.31. The Bertz CT molecular complexity index is 9020. The van der Waals surface area contributed by atoms with E-state index in [9.17, 15) is 15.8 Å². The van der Waals surface area contributed by atoms with Crippen molar-refractivity contribution in [1.29, 1.82) is 15.8 Å². The van der Waals surface area contributed by atoms with Crippen LogP contribution in [0.15, 0.2) is 273 Å². The van der Waals surface area contributed by atoms with Gasteiger partial charge in [-0.1, -0.05) is 197 Å². The quantitative estimate of drug-likeness (QED) is 0.0966. The average molecular weight is 1650 g/mol. The smallest absolute Gasteiger partial charge is 0.0991 e. The minimum absolute atomic E-state index is 0.281. The summed E-state index contributed by atoms with van der Waals surface area (Å²) in [5.74, 6) is 2.51. The molecule has 128 heavy (non-hydrogen) atoms. The lowest BCUT2D eigenvalue weighted by Gasteiger charge is -2.18. The molecule has 4 unspecified atom stereocenters. The molecule has 0 N–H and O–H groups in total. The molecule has 0 fully saturated rings. The van der Waals surface area contributed by atoms with Gasteiger partial charge in [-0.05, 0) is 375 Å². The number of hydrogen-bond donors (Lipinski definition) is 0. The van der Waals surface area contributed by atoms with Crippen molar-refractivity contribution in [3.05, 3.63) is 340 Å². The topological polar surface area (TPSA) is 84.6 Å². The van der Waals surface area contributed by atoms with E-state index in [1.54, 1.807) is 0 Å². The molecule has 24 rings (SSSR count). The zero-order valence-corrected chi connectivity index (χ0v) is 74.5. The number of hydrogen-bond acceptors (Lipinski definition) is 3. The van der Waals surface area contributed by atoms with E-state index in [1.807, 2.05) is 18.2 Å². The molecular formula is C122H96N6. The van der Waals surface area contributed by atoms with Crippen LogP contribution in [0.3, 0.4) is 0 Å². The van der Waals surface area contributed by atoms with Crippen LogP contribution in [0.2, 0.25) is 0 Å². The maximum Gasteiger partial charge on any atom is 0.0991 e. The van der Waals surface area contributed by atoms with Crippen molar-refractivity contribution >= 4 is 179 Å². The fourth-order valence-electron chi connectivity index (χ4n) is 22.9. The molecule has 6 nitrogen and oxygen atoms in total. The molecule has 0 saturated carbocycles. The van der Waals surface area contributed by atoms with Gasteiger partial charge in [0.2, 0.25) is 0 Å². The maximum atomic E-state index is 10.2. The van der Waals surface area contributed by atoms with E-state index in [4.69, 9.17) is 0 Å². The molecule has 0 aliphatic carbocycles. The van der Waals surface area contributed by atoms with E-state index < -0.39 is 0 Å². The first-order valence-corrected chi connectivity index (χ1v) is 46.1. The summed E-state index contributed by atoms with van der Waals surface area (Å²) in [6.07, 6.45) is 4.21. The highest BCUT2D eigenvalue weighted by atomic mass is 14.9. The first-order chi connectivity index (χ1) is 62.1. The second-order valence-electron chi connectivity index (χ2n) is 39.0. The summed E-state index contributed by atoms with van der Waals surface area (Å²) in [6, 6.07) is 112. The van der Waals surface area contributed by atoms with Crippen molar-refractivity contribution in [3.63, 3.8) is 0 Å². The fraction of sp³-hybridized carbons (Fsp3) is 0.189. The number of rotatable bonds is 16. The van der Waals surface area contributed by atoms with Gasteiger partial charge >= 0.3 is 0 Å². The van der Waals surface area contributed by atoms with Crippen molar-refractivity contribution in [1.82, 2.24) is 13.2 Å². The predicted molar refractivity (Wildman–Crippen MR) is 543 cm³/mol. The predicted octanol–water partition coefficient (Wildman–Crippen LogP) is 34.0. The maximum absolute atomic E-state index is 10.2. The molecule has 0 saturated heterocycles. The minimum Gasteiger partial charge on any atom is -0.308 e. The highest BCUT2D eigenvalue weighted by Crippen LogP contribution is 2.51. The summed E-state index contributed by atoms with van der Waals surface area (Å²) < 4.78 is 7.62. The monoisotopic (exact) mass is 1640 g/mol. The van der Waals surface area contributed by atoms with Gasteiger partial charge in [0.05, 0.1) is 84.5 Å². The number of nitriles is 3. The van der Waals surface area contributed by atoms with E-state index >= 15 is 0 Å². The number of nitrogens with zero attached hydrogens (tertiary/aromatic N) is 6. The van der Waals surface area contributed by atoms with E-state index in [2.05, 4.69) is 369 Å². The number of benzene rings is 18. The Balaban J connectivity index is 0.529. The minimum atomic E-state index is 0.281. The summed E-state index contributed by atoms with van der Waals surface area (Å²) in [5.41, 5.74) is 31.6. The largest absolute Gasteiger partial charge is 0.308 e. The summed E-state index contributed by atoms with van der Waals surface area (Å²) in [4.78, 5) is 0. The summed E-state index contributed by atoms with van der Waals surface area (Å²) in [5, 5.41) is 60.2. The van der Waals surface area contributed by atoms with Crippen LogP contribution in [0.4, 0.5) is 0 Å². The molecule has 6 heterocycles. The van der Waals surface area contributed by atoms with Crippen LogP contribution in [0.25, 0.3) is 212 Å². The Morgan fingerprint density at radius 2 is 0.508 bits per heavy atom. The lowest BCUT2D eigenvalue weighted by atomic mass is 9.87. The molecule has 614 valence electrons. The Labute approximate surface area is 744 Å². The number of fused-ring (bicyclic) bond motifs is 24. The van der Waals surface area contributed by atoms with Gasteiger partial charge in [0.25, 0.3) is 0 Å². The molecule has 0 amide bonds. The molecule has 6 aromatic heterocycles. The van der Waals surface area contributed by atoms with Gasteiger partial charge in [-0.3, -0.25) is 0 Å². The van der Waals surface area contributed by atoms with Crippen LogP contribution in [0.1, 0.15) is 203 Å². The molecule has 0 radical (unpaired) electrons. The van der Waals surface area contributed by atoms with Crippen LogP contribution in [-0.2, 0) is 0 Å². The van der Waals surface area contributed by atoms with Crippen LogP contribution in [0.5, 0.6) is 0 Å². The zero-order valence-electron chi connectivity index (χ0n) is 74.5. The Hall–Kier alpha value is -14.6. The first-order valence-electron chi connectivity index (χ1n) is 46.1. The third kappa shape index (κ3) is 11.9. The van der Waals surface area contributed by atoms with Gasteiger partial charge in [-0.2, -0.15) is 15.8 Å². The lowest BCUT2D eigenvalue weighted by Crippen LogP contribution is -1.99. The molecule has 0 spiro atoms. The van der Waals surface area contributed by atoms with Crippen LogP contribution < -0.4 is 0 Å². The molecule has 0 aliphatic rings. The number of aryl methyl sites for hydroxylation is 2. The van der Waals surface area contributed by atoms with Crippen LogP contribution in [-0.4, -0.2) is 13.2 Å². The second kappa shape index (κ2) is 28.7. The average Bonchev–Trinajstić information content (AvgIpc) is 1.54. The molecule has 18 aromatic carbocycles. The molecule has 6 heteroatoms. The Kier molecular flexibility index (Phi) is 17.3. The van der Waals surface area contributed by atoms with E-state index in [1.165, 1.54) is 229 Å². The molecule has 24 aromatic rings. The van der Waals surface area contributed by atoms with Gasteiger partial charge in [0, 0.05) is 64.6 Å².